The van der Waals surface area contributed by atoms with Gasteiger partial charge in [0, 0.05) is 24.1 Å². The third-order valence-corrected chi connectivity index (χ3v) is 7.13. The maximum atomic E-state index is 13.2. The molecule has 168 valence electrons. The van der Waals surface area contributed by atoms with Gasteiger partial charge in [-0.3, -0.25) is 4.57 Å². The van der Waals surface area contributed by atoms with Crippen LogP contribution in [0.3, 0.4) is 0 Å². The van der Waals surface area contributed by atoms with Crippen LogP contribution in [0.1, 0.15) is 37.1 Å². The summed E-state index contributed by atoms with van der Waals surface area (Å²) in [6.07, 6.45) is 3.42. The van der Waals surface area contributed by atoms with Gasteiger partial charge in [0.25, 0.3) is 0 Å². The first kappa shape index (κ1) is 21.1. The van der Waals surface area contributed by atoms with Gasteiger partial charge in [0.05, 0.1) is 24.6 Å². The summed E-state index contributed by atoms with van der Waals surface area (Å²) in [5.74, 6) is 0.791. The van der Waals surface area contributed by atoms with Crippen LogP contribution < -0.4 is 15.7 Å². The number of aromatic nitrogens is 4. The normalized spacial score (nSPS) is 18.4. The first-order chi connectivity index (χ1) is 15.4. The fourth-order valence-corrected chi connectivity index (χ4v) is 5.44. The minimum Gasteiger partial charge on any atom is -0.497 e. The Hall–Kier alpha value is -2.75. The molecule has 0 saturated carbocycles. The standard InChI is InChI=1S/C23H27N5O3S/c1-23(2)11-16(8-9-31-23)24-12-18-10-19-20-25-14-26-28(20)22(29)27(21(19)32-18)13-15-4-6-17(30-3)7-5-15/h4-7,10,14,16,24H,8-9,11-13H2,1-3H3. The molecule has 0 radical (unpaired) electrons. The van der Waals surface area contributed by atoms with Gasteiger partial charge < -0.3 is 14.8 Å². The summed E-state index contributed by atoms with van der Waals surface area (Å²) >= 11 is 1.64. The van der Waals surface area contributed by atoms with Crippen LogP contribution in [0.15, 0.2) is 41.5 Å². The van der Waals surface area contributed by atoms with Crippen molar-refractivity contribution < 1.29 is 9.47 Å². The van der Waals surface area contributed by atoms with Gasteiger partial charge in [0.1, 0.15) is 16.9 Å². The highest BCUT2D eigenvalue weighted by Gasteiger charge is 2.28. The van der Waals surface area contributed by atoms with E-state index in [1.807, 2.05) is 24.3 Å². The van der Waals surface area contributed by atoms with Gasteiger partial charge >= 0.3 is 5.69 Å². The second kappa shape index (κ2) is 8.31. The molecule has 1 aliphatic rings. The molecule has 32 heavy (non-hydrogen) atoms. The quantitative estimate of drug-likeness (QED) is 0.483. The average Bonchev–Trinajstić information content (AvgIpc) is 3.42. The van der Waals surface area contributed by atoms with Crippen LogP contribution in [0.25, 0.3) is 15.9 Å². The van der Waals surface area contributed by atoms with Crippen molar-refractivity contribution in [2.45, 2.75) is 51.4 Å². The number of hydrogen-bond acceptors (Lipinski definition) is 7. The number of thiophene rings is 1. The Kier molecular flexibility index (Phi) is 5.48. The summed E-state index contributed by atoms with van der Waals surface area (Å²) in [5.41, 5.74) is 1.34. The van der Waals surface area contributed by atoms with E-state index in [9.17, 15) is 4.79 Å². The third kappa shape index (κ3) is 4.03. The molecule has 4 aromatic rings. The van der Waals surface area contributed by atoms with Crippen molar-refractivity contribution in [2.75, 3.05) is 13.7 Å². The monoisotopic (exact) mass is 453 g/mol. The molecule has 8 nitrogen and oxygen atoms in total. The van der Waals surface area contributed by atoms with Crippen molar-refractivity contribution in [3.8, 4) is 5.75 Å². The number of methoxy groups -OCH3 is 1. The highest BCUT2D eigenvalue weighted by molar-refractivity contribution is 7.18. The van der Waals surface area contributed by atoms with E-state index in [1.165, 1.54) is 15.7 Å². The SMILES string of the molecule is COc1ccc(Cn2c(=O)n3ncnc3c3cc(CNC4CCOC(C)(C)C4)sc32)cc1. The smallest absolute Gasteiger partial charge is 0.352 e. The number of benzene rings is 1. The minimum absolute atomic E-state index is 0.0946. The lowest BCUT2D eigenvalue weighted by Gasteiger charge is -2.35. The van der Waals surface area contributed by atoms with E-state index < -0.39 is 0 Å². The highest BCUT2D eigenvalue weighted by atomic mass is 32.1. The number of nitrogens with zero attached hydrogens (tertiary/aromatic N) is 4. The summed E-state index contributed by atoms with van der Waals surface area (Å²) in [6.45, 7) is 6.26. The molecule has 0 spiro atoms. The molecule has 1 aromatic carbocycles. The molecule has 0 aliphatic carbocycles. The molecule has 1 N–H and O–H groups in total. The van der Waals surface area contributed by atoms with Gasteiger partial charge in [-0.15, -0.1) is 11.3 Å². The molecule has 0 bridgehead atoms. The van der Waals surface area contributed by atoms with E-state index in [4.69, 9.17) is 9.47 Å². The number of ether oxygens (including phenoxy) is 2. The molecule has 5 rings (SSSR count). The molecule has 9 heteroatoms. The van der Waals surface area contributed by atoms with Crippen LogP contribution in [0.4, 0.5) is 0 Å². The van der Waals surface area contributed by atoms with E-state index in [-0.39, 0.29) is 11.3 Å². The predicted molar refractivity (Wildman–Crippen MR) is 125 cm³/mol. The zero-order chi connectivity index (χ0) is 22.3. The Labute approximate surface area is 189 Å². The van der Waals surface area contributed by atoms with Gasteiger partial charge in [-0.05, 0) is 50.5 Å². The van der Waals surface area contributed by atoms with Gasteiger partial charge in [-0.1, -0.05) is 12.1 Å². The molecular formula is C23H27N5O3S. The summed E-state index contributed by atoms with van der Waals surface area (Å²) in [7, 11) is 1.64. The third-order valence-electron chi connectivity index (χ3n) is 5.97. The lowest BCUT2D eigenvalue weighted by atomic mass is 9.94. The number of rotatable bonds is 6. The van der Waals surface area contributed by atoms with E-state index in [0.717, 1.165) is 47.5 Å². The minimum atomic E-state index is -0.187. The van der Waals surface area contributed by atoms with E-state index in [1.54, 1.807) is 23.0 Å². The summed E-state index contributed by atoms with van der Waals surface area (Å²) in [4.78, 5) is 19.6. The summed E-state index contributed by atoms with van der Waals surface area (Å²) in [5, 5.41) is 8.80. The van der Waals surface area contributed by atoms with E-state index in [0.29, 0.717) is 18.2 Å². The van der Waals surface area contributed by atoms with Crippen molar-refractivity contribution in [3.05, 3.63) is 57.6 Å². The molecule has 0 amide bonds. The Bertz CT molecular complexity index is 1310. The van der Waals surface area contributed by atoms with Crippen LogP contribution in [-0.2, 0) is 17.8 Å². The number of nitrogens with one attached hydrogen (secondary N) is 1. The Morgan fingerprint density at radius 3 is 2.88 bits per heavy atom. The lowest BCUT2D eigenvalue weighted by Crippen LogP contribution is -2.43. The van der Waals surface area contributed by atoms with Crippen LogP contribution in [0.2, 0.25) is 0 Å². The molecule has 1 aliphatic heterocycles. The summed E-state index contributed by atoms with van der Waals surface area (Å²) < 4.78 is 14.3. The van der Waals surface area contributed by atoms with Gasteiger partial charge in [0.2, 0.25) is 0 Å². The number of hydrogen-bond donors (Lipinski definition) is 1. The zero-order valence-corrected chi connectivity index (χ0v) is 19.3. The highest BCUT2D eigenvalue weighted by Crippen LogP contribution is 2.29. The number of fused-ring (bicyclic) bond motifs is 3. The zero-order valence-electron chi connectivity index (χ0n) is 18.5. The van der Waals surface area contributed by atoms with Crippen LogP contribution in [0.5, 0.6) is 5.75 Å². The summed E-state index contributed by atoms with van der Waals surface area (Å²) in [6, 6.07) is 10.3. The lowest BCUT2D eigenvalue weighted by molar-refractivity contribution is -0.0630. The second-order valence-corrected chi connectivity index (χ2v) is 9.94. The van der Waals surface area contributed by atoms with Crippen molar-refractivity contribution >= 4 is 27.2 Å². The fourth-order valence-electron chi connectivity index (χ4n) is 4.35. The molecule has 3 aromatic heterocycles. The van der Waals surface area contributed by atoms with Crippen molar-refractivity contribution in [2.24, 2.45) is 0 Å². The Morgan fingerprint density at radius 1 is 1.31 bits per heavy atom. The molecule has 1 unspecified atom stereocenters. The molecular weight excluding hydrogens is 426 g/mol. The first-order valence-corrected chi connectivity index (χ1v) is 11.6. The maximum absolute atomic E-state index is 13.2. The largest absolute Gasteiger partial charge is 0.497 e. The first-order valence-electron chi connectivity index (χ1n) is 10.8. The van der Waals surface area contributed by atoms with Crippen molar-refractivity contribution in [3.63, 3.8) is 0 Å². The van der Waals surface area contributed by atoms with Crippen LogP contribution >= 0.6 is 11.3 Å². The van der Waals surface area contributed by atoms with Gasteiger partial charge in [-0.25, -0.2) is 9.78 Å². The van der Waals surface area contributed by atoms with Crippen molar-refractivity contribution in [1.82, 2.24) is 24.5 Å². The predicted octanol–water partition coefficient (Wildman–Crippen LogP) is 3.21. The van der Waals surface area contributed by atoms with Crippen LogP contribution in [0, 0.1) is 0 Å². The van der Waals surface area contributed by atoms with Crippen LogP contribution in [-0.4, -0.2) is 44.5 Å². The molecule has 1 saturated heterocycles. The average molecular weight is 454 g/mol. The van der Waals surface area contributed by atoms with Gasteiger partial charge in [0.15, 0.2) is 5.65 Å². The molecule has 1 fully saturated rings. The second-order valence-electron chi connectivity index (χ2n) is 8.82. The van der Waals surface area contributed by atoms with Gasteiger partial charge in [-0.2, -0.15) is 9.61 Å². The molecule has 4 heterocycles. The van der Waals surface area contributed by atoms with E-state index in [2.05, 4.69) is 35.3 Å². The van der Waals surface area contributed by atoms with Crippen molar-refractivity contribution in [1.29, 1.82) is 0 Å². The maximum Gasteiger partial charge on any atom is 0.352 e. The Morgan fingerprint density at radius 2 is 2.12 bits per heavy atom. The topological polar surface area (TPSA) is 82.7 Å². The fraction of sp³-hybridized carbons (Fsp3) is 0.435. The molecule has 1 atom stereocenters. The van der Waals surface area contributed by atoms with E-state index >= 15 is 0 Å². The Balaban J connectivity index is 1.48.